The number of ether oxygens (including phenoxy) is 1. The lowest BCUT2D eigenvalue weighted by atomic mass is 9.87. The fourth-order valence-electron chi connectivity index (χ4n) is 3.45. The van der Waals surface area contributed by atoms with Gasteiger partial charge in [-0.3, -0.25) is 13.3 Å². The average Bonchev–Trinajstić information content (AvgIpc) is 3.17. The first kappa shape index (κ1) is 28.3. The lowest BCUT2D eigenvalue weighted by Gasteiger charge is -2.34. The fourth-order valence-corrected chi connectivity index (χ4v) is 3.84. The maximum absolute atomic E-state index is 14.6. The van der Waals surface area contributed by atoms with E-state index < -0.39 is 69.5 Å². The molecule has 0 fully saturated rings. The predicted octanol–water partition coefficient (Wildman–Crippen LogP) is 3.58. The molecule has 3 rings (SSSR count). The number of aromatic nitrogens is 2. The second-order valence-corrected chi connectivity index (χ2v) is 9.65. The summed E-state index contributed by atoms with van der Waals surface area (Å²) >= 11 is 0. The number of halogens is 6. The molecule has 0 aliphatic carbocycles. The van der Waals surface area contributed by atoms with E-state index in [1.54, 1.807) is 0 Å². The molecule has 8 nitrogen and oxygen atoms in total. The number of nitrogens with zero attached hydrogens (tertiary/aromatic N) is 2. The maximum atomic E-state index is 14.6. The van der Waals surface area contributed by atoms with E-state index in [1.165, 1.54) is 13.1 Å². The molecule has 0 saturated carbocycles. The van der Waals surface area contributed by atoms with E-state index in [2.05, 4.69) is 8.92 Å². The number of hydrogen-bond acceptors (Lipinski definition) is 6. The third kappa shape index (κ3) is 6.17. The first-order valence-electron chi connectivity index (χ1n) is 10.3. The van der Waals surface area contributed by atoms with Crippen LogP contribution in [0.2, 0.25) is 0 Å². The minimum absolute atomic E-state index is 0.0764. The van der Waals surface area contributed by atoms with Gasteiger partial charge in [-0.2, -0.15) is 26.0 Å². The highest BCUT2D eigenvalue weighted by Crippen LogP contribution is 2.35. The molecular formula is C22H20F6N2O6S. The quantitative estimate of drug-likeness (QED) is 0.304. The van der Waals surface area contributed by atoms with Crippen LogP contribution in [-0.4, -0.2) is 48.1 Å². The van der Waals surface area contributed by atoms with E-state index in [9.17, 15) is 44.7 Å². The van der Waals surface area contributed by atoms with Crippen LogP contribution in [-0.2, 0) is 19.9 Å². The van der Waals surface area contributed by atoms with Gasteiger partial charge in [0.2, 0.25) is 0 Å². The van der Waals surface area contributed by atoms with Crippen molar-refractivity contribution >= 4 is 10.1 Å². The number of hydrogen-bond donors (Lipinski definition) is 1. The van der Waals surface area contributed by atoms with E-state index in [0.717, 1.165) is 51.7 Å². The highest BCUT2D eigenvalue weighted by molar-refractivity contribution is 7.85. The SMILES string of the molecule is C[C@@H](n1ccn(-c2ccc(OC(F)(F)C(F)F)cc2)c1=O)[C@](O)(COS(C)(=O)=O)c1ccc(F)cc1F. The van der Waals surface area contributed by atoms with Gasteiger partial charge >= 0.3 is 18.2 Å². The van der Waals surface area contributed by atoms with Gasteiger partial charge in [0.1, 0.15) is 29.6 Å². The third-order valence-corrected chi connectivity index (χ3v) is 5.97. The molecule has 0 bridgehead atoms. The summed E-state index contributed by atoms with van der Waals surface area (Å²) in [6.07, 6.45) is -5.75. The van der Waals surface area contributed by atoms with Gasteiger partial charge < -0.3 is 9.84 Å². The highest BCUT2D eigenvalue weighted by atomic mass is 32.2. The summed E-state index contributed by atoms with van der Waals surface area (Å²) < 4.78 is 113. The van der Waals surface area contributed by atoms with Crippen LogP contribution in [0.3, 0.4) is 0 Å². The number of alkyl halides is 4. The van der Waals surface area contributed by atoms with Gasteiger partial charge in [0, 0.05) is 24.0 Å². The summed E-state index contributed by atoms with van der Waals surface area (Å²) in [5.41, 5.74) is -3.81. The summed E-state index contributed by atoms with van der Waals surface area (Å²) in [4.78, 5) is 13.1. The minimum atomic E-state index is -4.73. The molecule has 3 aromatic rings. The summed E-state index contributed by atoms with van der Waals surface area (Å²) in [6, 6.07) is 4.84. The average molecular weight is 554 g/mol. The zero-order chi connectivity index (χ0) is 27.8. The summed E-state index contributed by atoms with van der Waals surface area (Å²) in [5, 5.41) is 11.4. The van der Waals surface area contributed by atoms with Crippen LogP contribution in [0, 0.1) is 11.6 Å². The highest BCUT2D eigenvalue weighted by Gasteiger charge is 2.44. The number of rotatable bonds is 10. The Kier molecular flexibility index (Phi) is 7.81. The first-order chi connectivity index (χ1) is 17.0. The van der Waals surface area contributed by atoms with Crippen LogP contribution in [0.15, 0.2) is 59.7 Å². The lowest BCUT2D eigenvalue weighted by molar-refractivity contribution is -0.253. The fraction of sp³-hybridized carbons (Fsp3) is 0.318. The van der Waals surface area contributed by atoms with Gasteiger partial charge in [0.05, 0.1) is 18.0 Å². The Labute approximate surface area is 206 Å². The van der Waals surface area contributed by atoms with Crippen LogP contribution in [0.25, 0.3) is 5.69 Å². The summed E-state index contributed by atoms with van der Waals surface area (Å²) in [5.74, 6) is -2.80. The Morgan fingerprint density at radius 1 is 1.05 bits per heavy atom. The smallest absolute Gasteiger partial charge is 0.428 e. The summed E-state index contributed by atoms with van der Waals surface area (Å²) in [7, 11) is -4.13. The Morgan fingerprint density at radius 2 is 1.68 bits per heavy atom. The largest absolute Gasteiger partial charge is 0.461 e. The monoisotopic (exact) mass is 554 g/mol. The van der Waals surface area contributed by atoms with Gasteiger partial charge in [-0.05, 0) is 37.3 Å². The normalized spacial score (nSPS) is 15.0. The molecule has 0 spiro atoms. The van der Waals surface area contributed by atoms with Crippen LogP contribution in [0.4, 0.5) is 26.3 Å². The number of benzene rings is 2. The van der Waals surface area contributed by atoms with E-state index in [1.807, 2.05) is 0 Å². The molecule has 0 unspecified atom stereocenters. The lowest BCUT2D eigenvalue weighted by Crippen LogP contribution is -2.44. The Bertz CT molecular complexity index is 1420. The van der Waals surface area contributed by atoms with Crippen LogP contribution in [0.5, 0.6) is 5.75 Å². The molecule has 0 aliphatic rings. The van der Waals surface area contributed by atoms with Crippen molar-refractivity contribution in [2.45, 2.75) is 31.1 Å². The van der Waals surface area contributed by atoms with E-state index in [4.69, 9.17) is 0 Å². The molecule has 0 aliphatic heterocycles. The van der Waals surface area contributed by atoms with Crippen molar-refractivity contribution in [2.24, 2.45) is 0 Å². The molecule has 0 radical (unpaired) electrons. The number of imidazole rings is 1. The molecule has 0 saturated heterocycles. The molecule has 15 heteroatoms. The number of aliphatic hydroxyl groups is 1. The first-order valence-corrected chi connectivity index (χ1v) is 12.1. The van der Waals surface area contributed by atoms with Crippen LogP contribution < -0.4 is 10.4 Å². The van der Waals surface area contributed by atoms with Crippen LogP contribution in [0.1, 0.15) is 18.5 Å². The second-order valence-electron chi connectivity index (χ2n) is 8.01. The van der Waals surface area contributed by atoms with Gasteiger partial charge in [-0.25, -0.2) is 13.6 Å². The minimum Gasteiger partial charge on any atom is -0.428 e. The Morgan fingerprint density at radius 3 is 2.22 bits per heavy atom. The van der Waals surface area contributed by atoms with E-state index in [-0.39, 0.29) is 5.69 Å². The molecular weight excluding hydrogens is 534 g/mol. The predicted molar refractivity (Wildman–Crippen MR) is 117 cm³/mol. The van der Waals surface area contributed by atoms with Gasteiger partial charge in [0.25, 0.3) is 10.1 Å². The molecule has 1 aromatic heterocycles. The van der Waals surface area contributed by atoms with E-state index in [0.29, 0.717) is 12.3 Å². The van der Waals surface area contributed by atoms with Crippen molar-refractivity contribution in [1.29, 1.82) is 0 Å². The van der Waals surface area contributed by atoms with Crippen molar-refractivity contribution in [1.82, 2.24) is 9.13 Å². The molecule has 37 heavy (non-hydrogen) atoms. The molecule has 0 amide bonds. The third-order valence-electron chi connectivity index (χ3n) is 5.43. The van der Waals surface area contributed by atoms with Crippen molar-refractivity contribution < 1.29 is 48.8 Å². The van der Waals surface area contributed by atoms with Crippen molar-refractivity contribution in [3.8, 4) is 11.4 Å². The Balaban J connectivity index is 1.98. The van der Waals surface area contributed by atoms with Crippen molar-refractivity contribution in [2.75, 3.05) is 12.9 Å². The molecule has 2 atom stereocenters. The maximum Gasteiger partial charge on any atom is 0.461 e. The van der Waals surface area contributed by atoms with Gasteiger partial charge in [-0.1, -0.05) is 6.07 Å². The van der Waals surface area contributed by atoms with Crippen LogP contribution >= 0.6 is 0 Å². The van der Waals surface area contributed by atoms with E-state index >= 15 is 0 Å². The molecule has 2 aromatic carbocycles. The zero-order valence-corrected chi connectivity index (χ0v) is 19.9. The molecule has 202 valence electrons. The topological polar surface area (TPSA) is 99.8 Å². The molecule has 1 N–H and O–H groups in total. The van der Waals surface area contributed by atoms with Crippen molar-refractivity contribution in [3.63, 3.8) is 0 Å². The van der Waals surface area contributed by atoms with Gasteiger partial charge in [0.15, 0.2) is 0 Å². The van der Waals surface area contributed by atoms with Gasteiger partial charge in [-0.15, -0.1) is 0 Å². The second kappa shape index (κ2) is 10.2. The standard InChI is InChI=1S/C22H20F6N2O6S/c1-13(21(32,12-35-37(2,33)34)17-8-3-14(23)11-18(17)24)29-9-10-30(20(29)31)15-4-6-16(7-5-15)36-22(27,28)19(25)26/h3-11,13,19,32H,12H2,1-2H3/t13-,21-/m1/s1. The Hall–Kier alpha value is -3.30. The molecule has 1 heterocycles. The summed E-state index contributed by atoms with van der Waals surface area (Å²) in [6.45, 7) is 0.223. The zero-order valence-electron chi connectivity index (χ0n) is 19.1. The van der Waals surface area contributed by atoms with Crippen molar-refractivity contribution in [3.05, 3.63) is 82.5 Å².